The highest BCUT2D eigenvalue weighted by molar-refractivity contribution is 8.00. The molecule has 149 heavy (non-hydrogen) atoms. The average Bonchev–Trinajstić information content (AvgIpc) is 1.36. The van der Waals surface area contributed by atoms with Gasteiger partial charge in [0.2, 0.25) is 34.7 Å². The minimum absolute atomic E-state index is 0.0301. The second kappa shape index (κ2) is 66.0. The van der Waals surface area contributed by atoms with Gasteiger partial charge in [0.05, 0.1) is 41.8 Å². The van der Waals surface area contributed by atoms with Crippen LogP contribution in [0, 0.1) is 27.7 Å². The van der Waals surface area contributed by atoms with Crippen LogP contribution in [0.15, 0.2) is 398 Å². The quantitative estimate of drug-likeness (QED) is 0.00402. The van der Waals surface area contributed by atoms with E-state index in [0.29, 0.717) is 86.8 Å². The van der Waals surface area contributed by atoms with Gasteiger partial charge in [-0.05, 0) is 271 Å². The fourth-order valence-corrected chi connectivity index (χ4v) is 17.4. The van der Waals surface area contributed by atoms with E-state index in [0.717, 1.165) is 87.6 Å². The summed E-state index contributed by atoms with van der Waals surface area (Å²) in [5.41, 5.74) is 8.92. The number of nitrogens with zero attached hydrogens (tertiary/aromatic N) is 5. The molecule has 0 radical (unpaired) electrons. The maximum atomic E-state index is 13.5. The van der Waals surface area contributed by atoms with Crippen LogP contribution in [0.25, 0.3) is 11.0 Å². The number of alkyl halides is 2. The Bertz CT molecular complexity index is 6890. The van der Waals surface area contributed by atoms with Crippen molar-refractivity contribution < 1.29 is 109 Å². The number of para-hydroxylation sites is 1. The zero-order chi connectivity index (χ0) is 109. The number of carbonyl (C=O) groups excluding carboxylic acids is 11. The fraction of sp³-hybridized carbons (Fsp3) is 0.165. The number of halogens is 6. The molecule has 0 fully saturated rings. The van der Waals surface area contributed by atoms with Crippen molar-refractivity contribution in [3.63, 3.8) is 0 Å². The molecule has 14 aromatic rings. The zero-order valence-corrected chi connectivity index (χ0v) is 87.9. The number of methoxy groups -OCH3 is 1. The van der Waals surface area contributed by atoms with Crippen molar-refractivity contribution >= 4 is 174 Å². The van der Waals surface area contributed by atoms with Crippen LogP contribution < -0.4 is 4.74 Å². The Kier molecular flexibility index (Phi) is 53.4. The lowest BCUT2D eigenvalue weighted by Gasteiger charge is -2.12. The molecule has 770 valence electrons. The predicted octanol–water partition coefficient (Wildman–Crippen LogP) is 29.7. The first-order chi connectivity index (χ1) is 72.2. The topological polar surface area (TPSA) is 318 Å². The number of hydrogen-bond donors (Lipinski definition) is 0. The minimum atomic E-state index is -0.757. The molecule has 0 amide bonds. The van der Waals surface area contributed by atoms with Crippen molar-refractivity contribution in [2.24, 2.45) is 25.8 Å². The monoisotopic (exact) mass is 2130 g/mol. The van der Waals surface area contributed by atoms with Gasteiger partial charge in [-0.25, -0.2) is 24.0 Å². The summed E-state index contributed by atoms with van der Waals surface area (Å²) in [5, 5.41) is 20.2. The van der Waals surface area contributed by atoms with Gasteiger partial charge in [-0.3, -0.25) is 33.2 Å². The van der Waals surface area contributed by atoms with Gasteiger partial charge in [-0.1, -0.05) is 234 Å². The summed E-state index contributed by atoms with van der Waals surface area (Å²) in [5.74, 6) is -4.89. The van der Waals surface area contributed by atoms with Crippen molar-refractivity contribution in [1.82, 2.24) is 0 Å². The number of unbranched alkanes of at least 4 members (excludes halogenated alkanes) is 3. The summed E-state index contributed by atoms with van der Waals surface area (Å²) < 4.78 is 52.0. The molecular formula is C115H105ClF5N5O18S5. The number of oxime groups is 5. The maximum Gasteiger partial charge on any atom is 0.400 e. The number of ketones is 6. The minimum Gasteiger partial charge on any atom is -0.497 e. The van der Waals surface area contributed by atoms with E-state index in [1.54, 1.807) is 255 Å². The molecule has 0 saturated heterocycles. The number of ether oxygens (including phenoxy) is 1. The van der Waals surface area contributed by atoms with E-state index in [1.165, 1.54) is 25.6 Å². The van der Waals surface area contributed by atoms with Gasteiger partial charge in [0, 0.05) is 98.3 Å². The third kappa shape index (κ3) is 38.8. The number of furan rings is 1. The molecular weight excluding hydrogens is 2030 g/mol. The average molecular weight is 2140 g/mol. The van der Waals surface area contributed by atoms with Gasteiger partial charge in [0.25, 0.3) is 0 Å². The molecule has 0 bridgehead atoms. The summed E-state index contributed by atoms with van der Waals surface area (Å²) in [6.07, 6.45) is 8.86. The van der Waals surface area contributed by atoms with Crippen LogP contribution >= 0.6 is 70.4 Å². The van der Waals surface area contributed by atoms with E-state index >= 15 is 0 Å². The first kappa shape index (κ1) is 121. The molecule has 13 aromatic carbocycles. The molecule has 1 heterocycles. The third-order valence-electron chi connectivity index (χ3n) is 20.8. The van der Waals surface area contributed by atoms with E-state index in [1.807, 2.05) is 174 Å². The van der Waals surface area contributed by atoms with Crippen molar-refractivity contribution in [3.8, 4) is 5.75 Å². The van der Waals surface area contributed by atoms with E-state index < -0.39 is 47.1 Å². The number of aryl methyl sites for hydroxylation is 4. The molecule has 0 aliphatic heterocycles. The van der Waals surface area contributed by atoms with Crippen LogP contribution in [0.5, 0.6) is 5.75 Å². The lowest BCUT2D eigenvalue weighted by atomic mass is 9.94. The number of thioether (sulfide) groups is 3. The smallest absolute Gasteiger partial charge is 0.400 e. The molecule has 0 N–H and O–H groups in total. The molecule has 0 aliphatic carbocycles. The van der Waals surface area contributed by atoms with Gasteiger partial charge in [-0.15, -0.1) is 46.9 Å². The van der Waals surface area contributed by atoms with Gasteiger partial charge < -0.3 is 33.3 Å². The van der Waals surface area contributed by atoms with Crippen LogP contribution in [-0.4, -0.2) is 125 Å². The maximum absolute atomic E-state index is 13.5. The number of fused-ring (bicyclic) bond motifs is 1. The van der Waals surface area contributed by atoms with Crippen LogP contribution in [0.2, 0.25) is 0 Å². The van der Waals surface area contributed by atoms with Crippen LogP contribution in [-0.2, 0) is 29.0 Å². The van der Waals surface area contributed by atoms with Crippen molar-refractivity contribution in [2.75, 3.05) is 32.0 Å². The molecule has 23 nitrogen and oxygen atoms in total. The molecule has 0 unspecified atom stereocenters. The normalized spacial score (nSPS) is 10.9. The Hall–Kier alpha value is -15.4. The third-order valence-corrected chi connectivity index (χ3v) is 25.5. The highest BCUT2D eigenvalue weighted by Gasteiger charge is 2.27. The summed E-state index contributed by atoms with van der Waals surface area (Å²) in [4.78, 5) is 169. The zero-order valence-electron chi connectivity index (χ0n) is 83.1. The molecule has 0 spiro atoms. The highest BCUT2D eigenvalue weighted by Crippen LogP contribution is 2.33. The van der Waals surface area contributed by atoms with Gasteiger partial charge in [0.1, 0.15) is 28.5 Å². The predicted molar refractivity (Wildman–Crippen MR) is 579 cm³/mol. The van der Waals surface area contributed by atoms with Gasteiger partial charge in [-0.2, -0.15) is 0 Å². The van der Waals surface area contributed by atoms with E-state index in [-0.39, 0.29) is 57.2 Å². The summed E-state index contributed by atoms with van der Waals surface area (Å²) in [6.45, 7) is 14.4. The number of rotatable bonds is 37. The second-order valence-corrected chi connectivity index (χ2v) is 36.8. The Labute approximate surface area is 886 Å². The Morgan fingerprint density at radius 2 is 0.765 bits per heavy atom. The molecule has 14 rings (SSSR count). The molecule has 0 aliphatic rings. The van der Waals surface area contributed by atoms with Gasteiger partial charge in [0.15, 0.2) is 17.2 Å². The number of benzene rings is 13. The SMILES string of the molecule is C/C(=N\OC(=O)c1cc2ccccc2o1)C(=O)c1ccc(Sc2ccccc2)cc1.CC(=O)/C(=N\OC(=O)c1ccccc1)C(=O)c1ccc(Sc2ccccc2)cc1.CC/C(=N\OC(=O)c1ccccc1)C(=O)c1ccc(SCCl)cc1.CCCCCC/C(=N\OC(=O)c1ccccc1)C(=O)c1cc(C)cc(C)c1SC.CF.COc1ccc(C(=O)O/N=C(/C(=O)c2c(C)cc(SC)cc2C)c2ccccc2)cc1.FF.FF. The molecule has 0 saturated carbocycles. The van der Waals surface area contributed by atoms with E-state index in [9.17, 15) is 57.1 Å². The molecule has 1 aromatic heterocycles. The van der Waals surface area contributed by atoms with E-state index in [4.69, 9.17) is 63.2 Å². The Morgan fingerprint density at radius 3 is 1.21 bits per heavy atom. The second-order valence-electron chi connectivity index (χ2n) is 31.2. The first-order valence-electron chi connectivity index (χ1n) is 45.6. The van der Waals surface area contributed by atoms with Crippen LogP contribution in [0.1, 0.15) is 198 Å². The Balaban J connectivity index is 0.000000249. The van der Waals surface area contributed by atoms with Crippen LogP contribution in [0.4, 0.5) is 22.7 Å². The highest BCUT2D eigenvalue weighted by atomic mass is 35.5. The summed E-state index contributed by atoms with van der Waals surface area (Å²) >= 11 is 13.5. The standard InChI is InChI=1S/C25H23NO4S.C24H17NO4S.C24H29NO3S.C23H17NO4S.C18H16ClNO3S.CH3F.2F2/c1-16-14-21(31-4)15-17(2)22(16)24(27)23(18-8-6-5-7-9-18)26-30-25(28)19-10-12-20(29-3)13-11-19;1-16(25-29-24(27)22-15-18-7-5-6-10-21(18)28-22)23(26)17-11-13-20(14-12-17)30-19-8-3-2-4-9-19;1-5-6-7-11-14-21(25-28-24(27)19-12-9-8-10-13-19)22(26)20-16-17(2)15-18(3)23(20)29-4;1-16(25)21(24-28-23(27)18-8-4-2-5-9-18)22(26)17-12-14-20(15-13-17)29-19-10-6-3-7-11-19;1-2-16(20-23-18(22)14-6-4-3-5-7-14)17(21)13-8-10-15(11-9-13)24-12-19;3*1-2/h5-15H,1-4H3;2-15H,1H3;8-10,12-13,15-16H,5-7,11,14H2,1-4H3;2-15H,1H3;3-11H,2,12H2,1H3;1H3;;/b26-23+;25-16+;25-21+;24-21+;20-16+;;;. The summed E-state index contributed by atoms with van der Waals surface area (Å²) in [7, 11) is 2.05. The van der Waals surface area contributed by atoms with Gasteiger partial charge >= 0.3 is 29.8 Å². The number of carbonyl (C=O) groups is 11. The first-order valence-corrected chi connectivity index (χ1v) is 51.2. The molecule has 0 atom stereocenters. The lowest BCUT2D eigenvalue weighted by Crippen LogP contribution is -2.23. The number of hydrogen-bond acceptors (Lipinski definition) is 28. The van der Waals surface area contributed by atoms with Crippen LogP contribution in [0.3, 0.4) is 0 Å². The largest absolute Gasteiger partial charge is 0.497 e. The van der Waals surface area contributed by atoms with Crippen molar-refractivity contribution in [2.45, 2.75) is 128 Å². The lowest BCUT2D eigenvalue weighted by molar-refractivity contribution is -0.111. The van der Waals surface area contributed by atoms with E-state index in [2.05, 4.69) is 38.8 Å². The van der Waals surface area contributed by atoms with Crippen molar-refractivity contribution in [3.05, 3.63) is 417 Å². The molecule has 34 heteroatoms. The van der Waals surface area contributed by atoms with Crippen molar-refractivity contribution in [1.29, 1.82) is 0 Å². The fourth-order valence-electron chi connectivity index (χ4n) is 13.5. The summed E-state index contributed by atoms with van der Waals surface area (Å²) in [6, 6.07) is 98.4. The Morgan fingerprint density at radius 1 is 0.362 bits per heavy atom. The number of Topliss-reactive ketones (excluding diaryl/α,β-unsaturated/α-hetero) is 6.